The van der Waals surface area contributed by atoms with Crippen molar-refractivity contribution >= 4 is 21.6 Å². The number of nitrogens with two attached hydrogens (primary N) is 1. The third kappa shape index (κ3) is 3.27. The van der Waals surface area contributed by atoms with Crippen LogP contribution in [0.15, 0.2) is 18.2 Å². The molecule has 0 bridgehead atoms. The van der Waals surface area contributed by atoms with E-state index < -0.39 is 10.0 Å². The minimum absolute atomic E-state index is 0.202. The predicted octanol–water partition coefficient (Wildman–Crippen LogP) is -0.00520. The lowest BCUT2D eigenvalue weighted by Crippen LogP contribution is -2.50. The van der Waals surface area contributed by atoms with Crippen LogP contribution in [0.1, 0.15) is 10.4 Å². The van der Waals surface area contributed by atoms with E-state index in [4.69, 9.17) is 10.5 Å². The predicted molar refractivity (Wildman–Crippen MR) is 79.7 cm³/mol. The summed E-state index contributed by atoms with van der Waals surface area (Å²) in [4.78, 5) is 14.1. The number of piperazine rings is 1. The van der Waals surface area contributed by atoms with E-state index in [9.17, 15) is 13.2 Å². The molecule has 1 aromatic rings. The summed E-state index contributed by atoms with van der Waals surface area (Å²) in [6.07, 6.45) is 1.17. The van der Waals surface area contributed by atoms with E-state index in [-0.39, 0.29) is 5.91 Å². The number of nitrogens with zero attached hydrogens (tertiary/aromatic N) is 2. The van der Waals surface area contributed by atoms with Crippen LogP contribution in [-0.2, 0) is 10.0 Å². The zero-order chi connectivity index (χ0) is 15.6. The minimum Gasteiger partial charge on any atom is -0.494 e. The summed E-state index contributed by atoms with van der Waals surface area (Å²) < 4.78 is 29.5. The number of rotatable bonds is 3. The van der Waals surface area contributed by atoms with Crippen LogP contribution in [0, 0.1) is 0 Å². The van der Waals surface area contributed by atoms with Crippen molar-refractivity contribution in [3.8, 4) is 5.75 Å². The highest BCUT2D eigenvalue weighted by molar-refractivity contribution is 7.88. The maximum Gasteiger partial charge on any atom is 0.257 e. The highest BCUT2D eigenvalue weighted by Crippen LogP contribution is 2.27. The van der Waals surface area contributed by atoms with Crippen LogP contribution in [0.3, 0.4) is 0 Å². The molecule has 0 atom stereocenters. The Morgan fingerprint density at radius 1 is 1.24 bits per heavy atom. The number of ether oxygens (including phenoxy) is 1. The number of amides is 1. The molecule has 1 heterocycles. The van der Waals surface area contributed by atoms with E-state index in [0.717, 1.165) is 0 Å². The molecule has 2 rings (SSSR count). The Labute approximate surface area is 124 Å². The standard InChI is InChI=1S/C13H19N3O4S/c1-20-12-10(4-3-5-11(12)14)13(17)15-6-8-16(9-7-15)21(2,18)19/h3-5H,6-9,14H2,1-2H3. The average molecular weight is 313 g/mol. The summed E-state index contributed by atoms with van der Waals surface area (Å²) >= 11 is 0. The number of hydrogen-bond donors (Lipinski definition) is 1. The van der Waals surface area contributed by atoms with Crippen LogP contribution in [0.2, 0.25) is 0 Å². The molecule has 1 aliphatic rings. The van der Waals surface area contributed by atoms with Crippen molar-refractivity contribution in [2.75, 3.05) is 45.3 Å². The summed E-state index contributed by atoms with van der Waals surface area (Å²) in [5, 5.41) is 0. The highest BCUT2D eigenvalue weighted by Gasteiger charge is 2.28. The van der Waals surface area contributed by atoms with E-state index in [1.807, 2.05) is 0 Å². The Balaban J connectivity index is 2.15. The fourth-order valence-electron chi connectivity index (χ4n) is 2.34. The first-order chi connectivity index (χ1) is 9.84. The van der Waals surface area contributed by atoms with Gasteiger partial charge in [0.1, 0.15) is 0 Å². The summed E-state index contributed by atoms with van der Waals surface area (Å²) in [7, 11) is -1.75. The molecule has 2 N–H and O–H groups in total. The van der Waals surface area contributed by atoms with Crippen LogP contribution in [0.5, 0.6) is 5.75 Å². The summed E-state index contributed by atoms with van der Waals surface area (Å²) in [6, 6.07) is 5.01. The third-order valence-corrected chi connectivity index (χ3v) is 4.78. The number of sulfonamides is 1. The van der Waals surface area contributed by atoms with Crippen LogP contribution < -0.4 is 10.5 Å². The molecule has 0 spiro atoms. The first kappa shape index (κ1) is 15.6. The molecule has 8 heteroatoms. The molecular weight excluding hydrogens is 294 g/mol. The maximum absolute atomic E-state index is 12.5. The molecule has 1 aliphatic heterocycles. The molecule has 1 fully saturated rings. The Morgan fingerprint density at radius 3 is 2.38 bits per heavy atom. The van der Waals surface area contributed by atoms with E-state index in [1.54, 1.807) is 23.1 Å². The van der Waals surface area contributed by atoms with Gasteiger partial charge in [-0.25, -0.2) is 8.42 Å². The number of hydrogen-bond acceptors (Lipinski definition) is 5. The van der Waals surface area contributed by atoms with E-state index in [1.165, 1.54) is 17.7 Å². The van der Waals surface area contributed by atoms with Gasteiger partial charge in [-0.3, -0.25) is 4.79 Å². The van der Waals surface area contributed by atoms with E-state index in [2.05, 4.69) is 0 Å². The number of anilines is 1. The molecule has 1 aromatic carbocycles. The van der Waals surface area contributed by atoms with Crippen molar-refractivity contribution in [1.82, 2.24) is 9.21 Å². The average Bonchev–Trinajstić information content (AvgIpc) is 2.45. The van der Waals surface area contributed by atoms with Gasteiger partial charge in [-0.1, -0.05) is 6.07 Å². The van der Waals surface area contributed by atoms with Crippen LogP contribution in [-0.4, -0.2) is 63.1 Å². The Morgan fingerprint density at radius 2 is 1.86 bits per heavy atom. The number of carbonyl (C=O) groups is 1. The van der Waals surface area contributed by atoms with Gasteiger partial charge in [0.05, 0.1) is 24.6 Å². The normalized spacial score (nSPS) is 16.8. The van der Waals surface area contributed by atoms with Crippen molar-refractivity contribution in [2.45, 2.75) is 0 Å². The number of nitrogen functional groups attached to an aromatic ring is 1. The second-order valence-corrected chi connectivity index (χ2v) is 6.86. The summed E-state index contributed by atoms with van der Waals surface area (Å²) in [6.45, 7) is 1.30. The Hall–Kier alpha value is -1.80. The lowest BCUT2D eigenvalue weighted by Gasteiger charge is -2.33. The minimum atomic E-state index is -3.21. The van der Waals surface area contributed by atoms with Gasteiger partial charge < -0.3 is 15.4 Å². The first-order valence-electron chi connectivity index (χ1n) is 6.51. The highest BCUT2D eigenvalue weighted by atomic mass is 32.2. The summed E-state index contributed by atoms with van der Waals surface area (Å²) in [5.74, 6) is 0.153. The number of benzene rings is 1. The Kier molecular flexibility index (Phi) is 4.38. The lowest BCUT2D eigenvalue weighted by molar-refractivity contribution is 0.0695. The molecule has 0 radical (unpaired) electrons. The van der Waals surface area contributed by atoms with Gasteiger partial charge in [0.25, 0.3) is 5.91 Å². The van der Waals surface area contributed by atoms with Gasteiger partial charge in [-0.2, -0.15) is 4.31 Å². The quantitative estimate of drug-likeness (QED) is 0.793. The second kappa shape index (κ2) is 5.90. The summed E-state index contributed by atoms with van der Waals surface area (Å²) in [5.41, 5.74) is 6.59. The maximum atomic E-state index is 12.5. The van der Waals surface area contributed by atoms with Crippen LogP contribution >= 0.6 is 0 Å². The molecule has 0 aliphatic carbocycles. The van der Waals surface area contributed by atoms with Crippen molar-refractivity contribution in [1.29, 1.82) is 0 Å². The van der Waals surface area contributed by atoms with Crippen molar-refractivity contribution in [3.05, 3.63) is 23.8 Å². The second-order valence-electron chi connectivity index (χ2n) is 4.88. The van der Waals surface area contributed by atoms with Gasteiger partial charge >= 0.3 is 0 Å². The fourth-order valence-corrected chi connectivity index (χ4v) is 3.17. The van der Waals surface area contributed by atoms with Gasteiger partial charge in [0.15, 0.2) is 5.75 Å². The van der Waals surface area contributed by atoms with Gasteiger partial charge in [-0.15, -0.1) is 0 Å². The topological polar surface area (TPSA) is 92.9 Å². The van der Waals surface area contributed by atoms with Crippen LogP contribution in [0.4, 0.5) is 5.69 Å². The Bertz CT molecular complexity index is 637. The molecule has 0 aromatic heterocycles. The monoisotopic (exact) mass is 313 g/mol. The molecule has 21 heavy (non-hydrogen) atoms. The van der Waals surface area contributed by atoms with E-state index in [0.29, 0.717) is 43.2 Å². The lowest BCUT2D eigenvalue weighted by atomic mass is 10.1. The fraction of sp³-hybridized carbons (Fsp3) is 0.462. The molecule has 0 saturated carbocycles. The molecule has 1 saturated heterocycles. The SMILES string of the molecule is COc1c(N)cccc1C(=O)N1CCN(S(C)(=O)=O)CC1. The number of para-hydroxylation sites is 1. The van der Waals surface area contributed by atoms with E-state index >= 15 is 0 Å². The molecule has 116 valence electrons. The third-order valence-electron chi connectivity index (χ3n) is 3.47. The zero-order valence-electron chi connectivity index (χ0n) is 12.1. The number of methoxy groups -OCH3 is 1. The number of carbonyl (C=O) groups excluding carboxylic acids is 1. The van der Waals surface area contributed by atoms with Gasteiger partial charge in [0.2, 0.25) is 10.0 Å². The van der Waals surface area contributed by atoms with Gasteiger partial charge in [0, 0.05) is 26.2 Å². The largest absolute Gasteiger partial charge is 0.494 e. The molecule has 7 nitrogen and oxygen atoms in total. The molecular formula is C13H19N3O4S. The molecule has 1 amide bonds. The van der Waals surface area contributed by atoms with Gasteiger partial charge in [-0.05, 0) is 12.1 Å². The zero-order valence-corrected chi connectivity index (χ0v) is 12.9. The van der Waals surface area contributed by atoms with Crippen molar-refractivity contribution < 1.29 is 17.9 Å². The molecule has 0 unspecified atom stereocenters. The van der Waals surface area contributed by atoms with Crippen molar-refractivity contribution in [3.63, 3.8) is 0 Å². The van der Waals surface area contributed by atoms with Crippen molar-refractivity contribution in [2.24, 2.45) is 0 Å². The smallest absolute Gasteiger partial charge is 0.257 e. The van der Waals surface area contributed by atoms with Crippen LogP contribution in [0.25, 0.3) is 0 Å². The first-order valence-corrected chi connectivity index (χ1v) is 8.36.